The third-order valence-electron chi connectivity index (χ3n) is 5.20. The van der Waals surface area contributed by atoms with Gasteiger partial charge in [-0.15, -0.1) is 0 Å². The molecule has 1 aromatic heterocycles. The predicted molar refractivity (Wildman–Crippen MR) is 89.5 cm³/mol. The Hall–Kier alpha value is -2.01. The molecule has 1 amide bonds. The zero-order valence-electron chi connectivity index (χ0n) is 13.8. The first-order valence-corrected chi connectivity index (χ1v) is 8.56. The second kappa shape index (κ2) is 5.81. The molecule has 1 saturated heterocycles. The van der Waals surface area contributed by atoms with Crippen LogP contribution in [0.1, 0.15) is 48.2 Å². The van der Waals surface area contributed by atoms with Gasteiger partial charge in [0.1, 0.15) is 5.82 Å². The monoisotopic (exact) mass is 328 g/mol. The summed E-state index contributed by atoms with van der Waals surface area (Å²) in [5.74, 6) is -0.486. The maximum absolute atomic E-state index is 13.4. The van der Waals surface area contributed by atoms with Gasteiger partial charge >= 0.3 is 0 Å². The fourth-order valence-electron chi connectivity index (χ4n) is 4.09. The Morgan fingerprint density at radius 1 is 1.33 bits per heavy atom. The third kappa shape index (κ3) is 2.77. The van der Waals surface area contributed by atoms with Crippen LogP contribution in [0.2, 0.25) is 0 Å². The lowest BCUT2D eigenvalue weighted by Crippen LogP contribution is -2.36. The first-order chi connectivity index (χ1) is 11.5. The minimum Gasteiger partial charge on any atom is -0.373 e. The first kappa shape index (κ1) is 15.5. The molecule has 2 aromatic rings. The quantitative estimate of drug-likeness (QED) is 0.918. The number of halogens is 1. The van der Waals surface area contributed by atoms with Crippen LogP contribution in [-0.2, 0) is 4.74 Å². The number of ether oxygens (including phenoxy) is 1. The Labute approximate surface area is 140 Å². The number of nitrogens with one attached hydrogen (secondary N) is 1. The number of nitrogens with zero attached hydrogens (tertiary/aromatic N) is 1. The maximum Gasteiger partial charge on any atom is 0.252 e. The molecule has 4 nitrogen and oxygen atoms in total. The number of fused-ring (bicyclic) bond motifs is 1. The molecule has 1 aliphatic heterocycles. The molecule has 126 valence electrons. The molecule has 1 N–H and O–H groups in total. The van der Waals surface area contributed by atoms with Gasteiger partial charge in [0.2, 0.25) is 0 Å². The van der Waals surface area contributed by atoms with Crippen LogP contribution in [0.5, 0.6) is 0 Å². The number of aryl methyl sites for hydroxylation is 1. The van der Waals surface area contributed by atoms with Gasteiger partial charge in [0.25, 0.3) is 5.91 Å². The lowest BCUT2D eigenvalue weighted by Gasteiger charge is -2.21. The summed E-state index contributed by atoms with van der Waals surface area (Å²) in [6, 6.07) is 6.15. The van der Waals surface area contributed by atoms with E-state index in [1.807, 2.05) is 6.92 Å². The highest BCUT2D eigenvalue weighted by atomic mass is 19.1. The minimum absolute atomic E-state index is 0.0166. The number of aromatic nitrogens is 1. The molecule has 1 aromatic carbocycles. The van der Waals surface area contributed by atoms with Crippen molar-refractivity contribution in [2.75, 3.05) is 6.61 Å². The van der Waals surface area contributed by atoms with Crippen molar-refractivity contribution in [2.45, 2.75) is 50.7 Å². The standard InChI is InChI=1S/C19H21FN2O2/c1-12-8-16(15-5-4-13(20)9-17(15)21-12)18(23)22-14-10-19(24-11-14)6-2-3-7-19/h4-5,8-9,14H,2-3,6-7,10-11H2,1H3,(H,22,23). The van der Waals surface area contributed by atoms with Crippen molar-refractivity contribution in [2.24, 2.45) is 0 Å². The number of carbonyl (C=O) groups excluding carboxylic acids is 1. The van der Waals surface area contributed by atoms with Gasteiger partial charge in [0.15, 0.2) is 0 Å². The van der Waals surface area contributed by atoms with Gasteiger partial charge in [-0.1, -0.05) is 12.8 Å². The van der Waals surface area contributed by atoms with Crippen LogP contribution < -0.4 is 5.32 Å². The van der Waals surface area contributed by atoms with Gasteiger partial charge in [-0.3, -0.25) is 9.78 Å². The molecular weight excluding hydrogens is 307 g/mol. The molecule has 5 heteroatoms. The molecule has 2 heterocycles. The fraction of sp³-hybridized carbons (Fsp3) is 0.474. The highest BCUT2D eigenvalue weighted by molar-refractivity contribution is 6.06. The van der Waals surface area contributed by atoms with Crippen molar-refractivity contribution < 1.29 is 13.9 Å². The van der Waals surface area contributed by atoms with Crippen molar-refractivity contribution in [1.29, 1.82) is 0 Å². The molecule has 1 saturated carbocycles. The van der Waals surface area contributed by atoms with Gasteiger partial charge < -0.3 is 10.1 Å². The summed E-state index contributed by atoms with van der Waals surface area (Å²) in [6.45, 7) is 2.38. The minimum atomic E-state index is -0.348. The third-order valence-corrected chi connectivity index (χ3v) is 5.20. The van der Waals surface area contributed by atoms with Crippen LogP contribution in [0.25, 0.3) is 10.9 Å². The zero-order chi connectivity index (χ0) is 16.7. The Kier molecular flexibility index (Phi) is 3.76. The van der Waals surface area contributed by atoms with E-state index in [9.17, 15) is 9.18 Å². The van der Waals surface area contributed by atoms with E-state index in [4.69, 9.17) is 4.74 Å². The normalized spacial score (nSPS) is 22.3. The summed E-state index contributed by atoms with van der Waals surface area (Å²) < 4.78 is 19.4. The highest BCUT2D eigenvalue weighted by Gasteiger charge is 2.42. The highest BCUT2D eigenvalue weighted by Crippen LogP contribution is 2.40. The van der Waals surface area contributed by atoms with Crippen molar-refractivity contribution >= 4 is 16.8 Å². The summed E-state index contributed by atoms with van der Waals surface area (Å²) >= 11 is 0. The van der Waals surface area contributed by atoms with Gasteiger partial charge in [-0.05, 0) is 44.4 Å². The molecule has 0 radical (unpaired) electrons. The van der Waals surface area contributed by atoms with E-state index in [-0.39, 0.29) is 23.4 Å². The zero-order valence-corrected chi connectivity index (χ0v) is 13.8. The smallest absolute Gasteiger partial charge is 0.252 e. The Bertz CT molecular complexity index is 794. The van der Waals surface area contributed by atoms with Gasteiger partial charge in [-0.25, -0.2) is 4.39 Å². The van der Waals surface area contributed by atoms with Gasteiger partial charge in [0, 0.05) is 17.1 Å². The average molecular weight is 328 g/mol. The fourth-order valence-corrected chi connectivity index (χ4v) is 4.09. The molecule has 2 fully saturated rings. The molecule has 1 unspecified atom stereocenters. The van der Waals surface area contributed by atoms with Crippen LogP contribution in [0.15, 0.2) is 24.3 Å². The van der Waals surface area contributed by atoms with E-state index < -0.39 is 0 Å². The average Bonchev–Trinajstić information content (AvgIpc) is 3.16. The number of pyridine rings is 1. The molecule has 24 heavy (non-hydrogen) atoms. The lowest BCUT2D eigenvalue weighted by molar-refractivity contribution is 0.00988. The molecule has 1 atom stereocenters. The van der Waals surface area contributed by atoms with Crippen LogP contribution in [-0.4, -0.2) is 29.1 Å². The molecule has 0 bridgehead atoms. The molecule has 1 aliphatic carbocycles. The Morgan fingerprint density at radius 2 is 2.12 bits per heavy atom. The SMILES string of the molecule is Cc1cc(C(=O)NC2COC3(CCCC3)C2)c2ccc(F)cc2n1. The van der Waals surface area contributed by atoms with Gasteiger partial charge in [-0.2, -0.15) is 0 Å². The molecule has 1 spiro atoms. The largest absolute Gasteiger partial charge is 0.373 e. The summed E-state index contributed by atoms with van der Waals surface area (Å²) in [5.41, 5.74) is 1.74. The number of hydrogen-bond donors (Lipinski definition) is 1. The van der Waals surface area contributed by atoms with E-state index in [0.29, 0.717) is 28.8 Å². The number of rotatable bonds is 2. The molecular formula is C19H21FN2O2. The number of hydrogen-bond acceptors (Lipinski definition) is 3. The Balaban J connectivity index is 1.57. The van der Waals surface area contributed by atoms with Crippen LogP contribution in [0.4, 0.5) is 4.39 Å². The molecule has 2 aliphatic rings. The van der Waals surface area contributed by atoms with E-state index in [1.54, 1.807) is 12.1 Å². The molecule has 4 rings (SSSR count). The van der Waals surface area contributed by atoms with Crippen molar-refractivity contribution in [3.63, 3.8) is 0 Å². The topological polar surface area (TPSA) is 51.2 Å². The van der Waals surface area contributed by atoms with Crippen molar-refractivity contribution in [1.82, 2.24) is 10.3 Å². The lowest BCUT2D eigenvalue weighted by atomic mass is 9.96. The van der Waals surface area contributed by atoms with Crippen LogP contribution in [0.3, 0.4) is 0 Å². The summed E-state index contributed by atoms with van der Waals surface area (Å²) in [5, 5.41) is 3.77. The number of benzene rings is 1. The van der Waals surface area contributed by atoms with E-state index in [0.717, 1.165) is 19.3 Å². The second-order valence-electron chi connectivity index (χ2n) is 7.05. The van der Waals surface area contributed by atoms with E-state index in [2.05, 4.69) is 10.3 Å². The first-order valence-electron chi connectivity index (χ1n) is 8.56. The van der Waals surface area contributed by atoms with E-state index in [1.165, 1.54) is 25.0 Å². The summed E-state index contributed by atoms with van der Waals surface area (Å²) in [7, 11) is 0. The number of amides is 1. The summed E-state index contributed by atoms with van der Waals surface area (Å²) in [6.07, 6.45) is 5.49. The maximum atomic E-state index is 13.4. The Morgan fingerprint density at radius 3 is 2.92 bits per heavy atom. The number of carbonyl (C=O) groups is 1. The van der Waals surface area contributed by atoms with Crippen LogP contribution >= 0.6 is 0 Å². The second-order valence-corrected chi connectivity index (χ2v) is 7.05. The van der Waals surface area contributed by atoms with E-state index >= 15 is 0 Å². The predicted octanol–water partition coefficient (Wildman–Crippen LogP) is 3.51. The van der Waals surface area contributed by atoms with Crippen molar-refractivity contribution in [3.8, 4) is 0 Å². The van der Waals surface area contributed by atoms with Gasteiger partial charge in [0.05, 0.1) is 29.3 Å². The van der Waals surface area contributed by atoms with Crippen LogP contribution in [0, 0.1) is 12.7 Å². The summed E-state index contributed by atoms with van der Waals surface area (Å²) in [4.78, 5) is 17.1. The van der Waals surface area contributed by atoms with Crippen molar-refractivity contribution in [3.05, 3.63) is 41.3 Å².